The molecule has 2 atom stereocenters. The number of anilines is 1. The molecule has 0 spiro atoms. The van der Waals surface area contributed by atoms with Crippen molar-refractivity contribution in [2.45, 2.75) is 45.2 Å². The van der Waals surface area contributed by atoms with Gasteiger partial charge in [-0.1, -0.05) is 24.6 Å². The van der Waals surface area contributed by atoms with Crippen LogP contribution in [0.25, 0.3) is 0 Å². The van der Waals surface area contributed by atoms with E-state index in [-0.39, 0.29) is 5.91 Å². The number of aryl methyl sites for hydroxylation is 1. The molecule has 0 saturated carbocycles. The third-order valence-electron chi connectivity index (χ3n) is 4.21. The predicted molar refractivity (Wildman–Crippen MR) is 82.7 cm³/mol. The summed E-state index contributed by atoms with van der Waals surface area (Å²) < 4.78 is 0. The first-order chi connectivity index (χ1) is 9.61. The Morgan fingerprint density at radius 3 is 2.85 bits per heavy atom. The first-order valence-corrected chi connectivity index (χ1v) is 7.43. The van der Waals surface area contributed by atoms with Gasteiger partial charge in [0, 0.05) is 24.3 Å². The van der Waals surface area contributed by atoms with Gasteiger partial charge in [-0.05, 0) is 38.3 Å². The zero-order chi connectivity index (χ0) is 14.5. The third kappa shape index (κ3) is 3.58. The minimum atomic E-state index is 0.0477. The lowest BCUT2D eigenvalue weighted by Crippen LogP contribution is -2.51. The van der Waals surface area contributed by atoms with Crippen LogP contribution in [0.2, 0.25) is 0 Å². The number of piperidine rings is 1. The van der Waals surface area contributed by atoms with Crippen LogP contribution in [-0.2, 0) is 4.79 Å². The maximum atomic E-state index is 12.2. The molecule has 4 nitrogen and oxygen atoms in total. The van der Waals surface area contributed by atoms with E-state index in [1.54, 1.807) is 0 Å². The van der Waals surface area contributed by atoms with E-state index in [4.69, 9.17) is 5.73 Å². The van der Waals surface area contributed by atoms with E-state index < -0.39 is 0 Å². The molecule has 1 aliphatic rings. The Bertz CT molecular complexity index is 461. The highest BCUT2D eigenvalue weighted by atomic mass is 16.2. The SMILES string of the molecule is Cc1ccccc1NC(=O)CN1C(C)CCCC1CN. The van der Waals surface area contributed by atoms with Crippen LogP contribution < -0.4 is 11.1 Å². The van der Waals surface area contributed by atoms with Crippen molar-refractivity contribution in [1.82, 2.24) is 4.90 Å². The quantitative estimate of drug-likeness (QED) is 0.885. The molecule has 1 heterocycles. The molecule has 1 fully saturated rings. The molecule has 110 valence electrons. The summed E-state index contributed by atoms with van der Waals surface area (Å²) in [6, 6.07) is 8.62. The number of nitrogens with two attached hydrogens (primary N) is 1. The van der Waals surface area contributed by atoms with Crippen LogP contribution in [0, 0.1) is 6.92 Å². The molecular weight excluding hydrogens is 250 g/mol. The van der Waals surface area contributed by atoms with Crippen LogP contribution in [0.4, 0.5) is 5.69 Å². The Kier molecular flexibility index (Phi) is 5.15. The molecule has 1 aromatic rings. The van der Waals surface area contributed by atoms with Gasteiger partial charge < -0.3 is 11.1 Å². The van der Waals surface area contributed by atoms with Gasteiger partial charge in [0.25, 0.3) is 0 Å². The molecule has 1 amide bonds. The number of rotatable bonds is 4. The van der Waals surface area contributed by atoms with Crippen molar-refractivity contribution in [2.75, 3.05) is 18.4 Å². The molecule has 0 aliphatic carbocycles. The number of para-hydroxylation sites is 1. The summed E-state index contributed by atoms with van der Waals surface area (Å²) in [5, 5.41) is 3.00. The van der Waals surface area contributed by atoms with E-state index in [9.17, 15) is 4.79 Å². The highest BCUT2D eigenvalue weighted by Gasteiger charge is 2.28. The second-order valence-corrected chi connectivity index (χ2v) is 5.70. The monoisotopic (exact) mass is 275 g/mol. The number of nitrogens with zero attached hydrogens (tertiary/aromatic N) is 1. The molecule has 0 bridgehead atoms. The number of amides is 1. The number of nitrogens with one attached hydrogen (secondary N) is 1. The number of carbonyl (C=O) groups is 1. The van der Waals surface area contributed by atoms with E-state index in [0.717, 1.165) is 24.1 Å². The van der Waals surface area contributed by atoms with Gasteiger partial charge in [0.2, 0.25) is 5.91 Å². The maximum Gasteiger partial charge on any atom is 0.238 e. The molecule has 20 heavy (non-hydrogen) atoms. The van der Waals surface area contributed by atoms with Crippen molar-refractivity contribution in [1.29, 1.82) is 0 Å². The Morgan fingerprint density at radius 1 is 1.40 bits per heavy atom. The zero-order valence-electron chi connectivity index (χ0n) is 12.4. The minimum absolute atomic E-state index is 0.0477. The van der Waals surface area contributed by atoms with Crippen LogP contribution in [0.3, 0.4) is 0 Å². The lowest BCUT2D eigenvalue weighted by atomic mass is 9.96. The summed E-state index contributed by atoms with van der Waals surface area (Å²) in [6.07, 6.45) is 3.45. The molecule has 0 radical (unpaired) electrons. The number of hydrogen-bond acceptors (Lipinski definition) is 3. The van der Waals surface area contributed by atoms with E-state index in [0.29, 0.717) is 25.2 Å². The van der Waals surface area contributed by atoms with Gasteiger partial charge in [-0.25, -0.2) is 0 Å². The largest absolute Gasteiger partial charge is 0.329 e. The fraction of sp³-hybridized carbons (Fsp3) is 0.562. The highest BCUT2D eigenvalue weighted by Crippen LogP contribution is 2.22. The standard InChI is InChI=1S/C16H25N3O/c1-12-6-3-4-9-15(12)18-16(20)11-19-13(2)7-5-8-14(19)10-17/h3-4,6,9,13-14H,5,7-8,10-11,17H2,1-2H3,(H,18,20). The van der Waals surface area contributed by atoms with Gasteiger partial charge in [-0.15, -0.1) is 0 Å². The van der Waals surface area contributed by atoms with Crippen LogP contribution in [0.5, 0.6) is 0 Å². The molecule has 0 aromatic heterocycles. The van der Waals surface area contributed by atoms with E-state index in [2.05, 4.69) is 17.1 Å². The van der Waals surface area contributed by atoms with Crippen LogP contribution in [0.15, 0.2) is 24.3 Å². The molecular formula is C16H25N3O. The molecule has 1 saturated heterocycles. The second kappa shape index (κ2) is 6.86. The Balaban J connectivity index is 1.98. The van der Waals surface area contributed by atoms with Crippen LogP contribution in [0.1, 0.15) is 31.7 Å². The number of hydrogen-bond donors (Lipinski definition) is 2. The molecule has 2 unspecified atom stereocenters. The average Bonchev–Trinajstić information content (AvgIpc) is 2.43. The molecule has 4 heteroatoms. The van der Waals surface area contributed by atoms with Gasteiger partial charge in [0.1, 0.15) is 0 Å². The van der Waals surface area contributed by atoms with Crippen molar-refractivity contribution in [2.24, 2.45) is 5.73 Å². The predicted octanol–water partition coefficient (Wildman–Crippen LogP) is 2.14. The fourth-order valence-electron chi connectivity index (χ4n) is 2.95. The van der Waals surface area contributed by atoms with Crippen molar-refractivity contribution in [3.63, 3.8) is 0 Å². The lowest BCUT2D eigenvalue weighted by Gasteiger charge is -2.39. The van der Waals surface area contributed by atoms with E-state index >= 15 is 0 Å². The summed E-state index contributed by atoms with van der Waals surface area (Å²) in [6.45, 7) is 5.24. The van der Waals surface area contributed by atoms with Crippen LogP contribution in [-0.4, -0.2) is 36.0 Å². The topological polar surface area (TPSA) is 58.4 Å². The van der Waals surface area contributed by atoms with Crippen LogP contribution >= 0.6 is 0 Å². The zero-order valence-corrected chi connectivity index (χ0v) is 12.4. The lowest BCUT2D eigenvalue weighted by molar-refractivity contribution is -0.118. The van der Waals surface area contributed by atoms with Gasteiger partial charge in [0.15, 0.2) is 0 Å². The van der Waals surface area contributed by atoms with Gasteiger partial charge >= 0.3 is 0 Å². The third-order valence-corrected chi connectivity index (χ3v) is 4.21. The number of likely N-dealkylation sites (tertiary alicyclic amines) is 1. The molecule has 1 aliphatic heterocycles. The second-order valence-electron chi connectivity index (χ2n) is 5.70. The average molecular weight is 275 g/mol. The highest BCUT2D eigenvalue weighted by molar-refractivity contribution is 5.93. The van der Waals surface area contributed by atoms with E-state index in [1.807, 2.05) is 31.2 Å². The molecule has 1 aromatic carbocycles. The first-order valence-electron chi connectivity index (χ1n) is 7.43. The summed E-state index contributed by atoms with van der Waals surface area (Å²) in [4.78, 5) is 14.5. The van der Waals surface area contributed by atoms with Gasteiger partial charge in [-0.3, -0.25) is 9.69 Å². The van der Waals surface area contributed by atoms with Crippen molar-refractivity contribution < 1.29 is 4.79 Å². The Labute approximate surface area is 121 Å². The summed E-state index contributed by atoms with van der Waals surface area (Å²) >= 11 is 0. The van der Waals surface area contributed by atoms with Gasteiger partial charge in [-0.2, -0.15) is 0 Å². The maximum absolute atomic E-state index is 12.2. The smallest absolute Gasteiger partial charge is 0.238 e. The van der Waals surface area contributed by atoms with E-state index in [1.165, 1.54) is 6.42 Å². The molecule has 3 N–H and O–H groups in total. The summed E-state index contributed by atoms with van der Waals surface area (Å²) in [5.41, 5.74) is 7.82. The minimum Gasteiger partial charge on any atom is -0.329 e. The Morgan fingerprint density at radius 2 is 2.15 bits per heavy atom. The van der Waals surface area contributed by atoms with Crippen molar-refractivity contribution in [3.05, 3.63) is 29.8 Å². The Hall–Kier alpha value is -1.39. The van der Waals surface area contributed by atoms with Crippen molar-refractivity contribution >= 4 is 11.6 Å². The normalized spacial score (nSPS) is 23.6. The van der Waals surface area contributed by atoms with Crippen molar-refractivity contribution in [3.8, 4) is 0 Å². The molecule has 2 rings (SSSR count). The summed E-state index contributed by atoms with van der Waals surface area (Å²) in [7, 11) is 0. The number of benzene rings is 1. The fourth-order valence-corrected chi connectivity index (χ4v) is 2.95. The first kappa shape index (κ1) is 15.0. The summed E-state index contributed by atoms with van der Waals surface area (Å²) in [5.74, 6) is 0.0477. The van der Waals surface area contributed by atoms with Gasteiger partial charge in [0.05, 0.1) is 6.54 Å². The number of carbonyl (C=O) groups excluding carboxylic acids is 1.